The van der Waals surface area contributed by atoms with Crippen LogP contribution in [0.15, 0.2) is 48.5 Å². The average Bonchev–Trinajstić information content (AvgIpc) is 2.40. The van der Waals surface area contributed by atoms with E-state index in [0.717, 1.165) is 23.8 Å². The summed E-state index contributed by atoms with van der Waals surface area (Å²) < 4.78 is 0. The maximum atomic E-state index is 10.9. The lowest BCUT2D eigenvalue weighted by molar-refractivity contribution is 0.1000. The molecule has 3 heteroatoms. The quantitative estimate of drug-likeness (QED) is 0.831. The monoisotopic (exact) mass is 239 g/mol. The number of hydrogen-bond donors (Lipinski definition) is 1. The smallest absolute Gasteiger partial charge is 0.248 e. The second-order valence-corrected chi connectivity index (χ2v) is 4.10. The second-order valence-electron chi connectivity index (χ2n) is 4.10. The molecule has 2 aromatic rings. The van der Waals surface area contributed by atoms with Crippen molar-refractivity contribution in [1.82, 2.24) is 0 Å². The highest BCUT2D eigenvalue weighted by Crippen LogP contribution is 2.11. The summed E-state index contributed by atoms with van der Waals surface area (Å²) in [5.74, 6) is -0.420. The van der Waals surface area contributed by atoms with E-state index in [0.29, 0.717) is 11.1 Å². The third-order valence-corrected chi connectivity index (χ3v) is 2.76. The van der Waals surface area contributed by atoms with Gasteiger partial charge in [-0.25, -0.2) is 0 Å². The van der Waals surface area contributed by atoms with Gasteiger partial charge in [-0.2, -0.15) is 0 Å². The molecule has 90 valence electrons. The Hall–Kier alpha value is -2.42. The predicted octanol–water partition coefficient (Wildman–Crippen LogP) is 2.19. The molecule has 0 spiro atoms. The molecule has 0 heterocycles. The first-order valence-electron chi connectivity index (χ1n) is 5.62. The zero-order chi connectivity index (χ0) is 13.0. The molecule has 0 aromatic heterocycles. The van der Waals surface area contributed by atoms with Gasteiger partial charge in [-0.15, -0.1) is 0 Å². The molecule has 0 saturated heterocycles. The van der Waals surface area contributed by atoms with Crippen LogP contribution in [0.5, 0.6) is 0 Å². The highest BCUT2D eigenvalue weighted by molar-refractivity contribution is 5.92. The van der Waals surface area contributed by atoms with Gasteiger partial charge < -0.3 is 5.73 Å². The maximum Gasteiger partial charge on any atom is 0.248 e. The lowest BCUT2D eigenvalue weighted by Crippen LogP contribution is -2.10. The number of carbonyl (C=O) groups is 2. The van der Waals surface area contributed by atoms with Crippen molar-refractivity contribution in [2.24, 2.45) is 5.73 Å². The van der Waals surface area contributed by atoms with Crippen LogP contribution in [-0.2, 0) is 6.42 Å². The fourth-order valence-electron chi connectivity index (χ4n) is 1.74. The maximum absolute atomic E-state index is 10.9. The molecule has 0 fully saturated rings. The molecule has 0 unspecified atom stereocenters. The summed E-state index contributed by atoms with van der Waals surface area (Å²) in [6.07, 6.45) is 1.59. The van der Waals surface area contributed by atoms with Gasteiger partial charge in [0.1, 0.15) is 6.29 Å². The molecule has 2 rings (SSSR count). The molecule has 1 amide bonds. The summed E-state index contributed by atoms with van der Waals surface area (Å²) in [5.41, 5.74) is 8.57. The van der Waals surface area contributed by atoms with E-state index >= 15 is 0 Å². The predicted molar refractivity (Wildman–Crippen MR) is 69.6 cm³/mol. The van der Waals surface area contributed by atoms with Gasteiger partial charge in [0.05, 0.1) is 0 Å². The highest BCUT2D eigenvalue weighted by Gasteiger charge is 2.01. The minimum Gasteiger partial charge on any atom is -0.366 e. The van der Waals surface area contributed by atoms with E-state index < -0.39 is 5.91 Å². The van der Waals surface area contributed by atoms with Crippen LogP contribution in [0.3, 0.4) is 0 Å². The normalized spacial score (nSPS) is 10.0. The largest absolute Gasteiger partial charge is 0.366 e. The third-order valence-electron chi connectivity index (χ3n) is 2.76. The molecule has 0 atom stereocenters. The lowest BCUT2D eigenvalue weighted by atomic mass is 10.0. The van der Waals surface area contributed by atoms with Crippen molar-refractivity contribution >= 4 is 12.2 Å². The number of aldehydes is 1. The Morgan fingerprint density at radius 1 is 0.944 bits per heavy atom. The molecule has 0 aliphatic carbocycles. The molecule has 0 radical (unpaired) electrons. The van der Waals surface area contributed by atoms with Crippen molar-refractivity contribution in [2.45, 2.75) is 6.42 Å². The molecular weight excluding hydrogens is 226 g/mol. The molecule has 2 N–H and O–H groups in total. The van der Waals surface area contributed by atoms with E-state index in [2.05, 4.69) is 0 Å². The third kappa shape index (κ3) is 2.83. The van der Waals surface area contributed by atoms with Crippen LogP contribution >= 0.6 is 0 Å². The van der Waals surface area contributed by atoms with Crippen LogP contribution in [0.4, 0.5) is 0 Å². The van der Waals surface area contributed by atoms with E-state index in [1.165, 1.54) is 0 Å². The SMILES string of the molecule is NC(=O)c1ccc(Cc2ccc(C=O)cc2)cc1. The van der Waals surface area contributed by atoms with Crippen molar-refractivity contribution in [3.05, 3.63) is 70.8 Å². The highest BCUT2D eigenvalue weighted by atomic mass is 16.1. The second kappa shape index (κ2) is 5.27. The van der Waals surface area contributed by atoms with Crippen molar-refractivity contribution in [1.29, 1.82) is 0 Å². The number of carbonyl (C=O) groups excluding carboxylic acids is 2. The molecule has 2 aromatic carbocycles. The first kappa shape index (κ1) is 12.0. The van der Waals surface area contributed by atoms with Gasteiger partial charge >= 0.3 is 0 Å². The minimum atomic E-state index is -0.420. The Labute approximate surface area is 105 Å². The molecule has 3 nitrogen and oxygen atoms in total. The van der Waals surface area contributed by atoms with Gasteiger partial charge in [-0.05, 0) is 29.7 Å². The van der Waals surface area contributed by atoms with Gasteiger partial charge in [0.15, 0.2) is 0 Å². The molecule has 0 saturated carbocycles. The Bertz CT molecular complexity index is 556. The number of primary amides is 1. The number of amides is 1. The zero-order valence-electron chi connectivity index (χ0n) is 9.80. The van der Waals surface area contributed by atoms with Crippen molar-refractivity contribution in [3.8, 4) is 0 Å². The van der Waals surface area contributed by atoms with Crippen LogP contribution < -0.4 is 5.73 Å². The summed E-state index contributed by atoms with van der Waals surface area (Å²) in [7, 11) is 0. The molecular formula is C15H13NO2. The Balaban J connectivity index is 2.12. The fraction of sp³-hybridized carbons (Fsp3) is 0.0667. The summed E-state index contributed by atoms with van der Waals surface area (Å²) >= 11 is 0. The molecule has 18 heavy (non-hydrogen) atoms. The summed E-state index contributed by atoms with van der Waals surface area (Å²) in [6.45, 7) is 0. The number of rotatable bonds is 4. The van der Waals surface area contributed by atoms with Crippen molar-refractivity contribution in [3.63, 3.8) is 0 Å². The van der Waals surface area contributed by atoms with E-state index in [1.807, 2.05) is 24.3 Å². The van der Waals surface area contributed by atoms with Crippen molar-refractivity contribution < 1.29 is 9.59 Å². The van der Waals surface area contributed by atoms with Crippen LogP contribution in [0.2, 0.25) is 0 Å². The Kier molecular flexibility index (Phi) is 3.53. The number of hydrogen-bond acceptors (Lipinski definition) is 2. The minimum absolute atomic E-state index is 0.420. The lowest BCUT2D eigenvalue weighted by Gasteiger charge is -2.03. The summed E-state index contributed by atoms with van der Waals surface area (Å²) in [6, 6.07) is 14.6. The van der Waals surface area contributed by atoms with E-state index in [1.54, 1.807) is 24.3 Å². The first-order valence-corrected chi connectivity index (χ1v) is 5.62. The van der Waals surface area contributed by atoms with Crippen LogP contribution in [0.25, 0.3) is 0 Å². The molecule has 0 aliphatic rings. The Morgan fingerprint density at radius 2 is 1.44 bits per heavy atom. The van der Waals surface area contributed by atoms with E-state index in [-0.39, 0.29) is 0 Å². The van der Waals surface area contributed by atoms with Crippen LogP contribution in [0.1, 0.15) is 31.8 Å². The Morgan fingerprint density at radius 3 is 1.89 bits per heavy atom. The van der Waals surface area contributed by atoms with E-state index in [4.69, 9.17) is 5.73 Å². The van der Waals surface area contributed by atoms with Crippen LogP contribution in [0, 0.1) is 0 Å². The van der Waals surface area contributed by atoms with Gasteiger partial charge in [0.25, 0.3) is 0 Å². The van der Waals surface area contributed by atoms with Gasteiger partial charge in [0.2, 0.25) is 5.91 Å². The van der Waals surface area contributed by atoms with Gasteiger partial charge in [-0.1, -0.05) is 36.4 Å². The van der Waals surface area contributed by atoms with Gasteiger partial charge in [-0.3, -0.25) is 9.59 Å². The topological polar surface area (TPSA) is 60.2 Å². The van der Waals surface area contributed by atoms with E-state index in [9.17, 15) is 9.59 Å². The summed E-state index contributed by atoms with van der Waals surface area (Å²) in [4.78, 5) is 21.5. The van der Waals surface area contributed by atoms with Crippen LogP contribution in [-0.4, -0.2) is 12.2 Å². The number of benzene rings is 2. The molecule has 0 aliphatic heterocycles. The number of nitrogens with two attached hydrogens (primary N) is 1. The van der Waals surface area contributed by atoms with Gasteiger partial charge in [0, 0.05) is 11.1 Å². The summed E-state index contributed by atoms with van der Waals surface area (Å²) in [5, 5.41) is 0. The fourth-order valence-corrected chi connectivity index (χ4v) is 1.74. The average molecular weight is 239 g/mol. The first-order chi connectivity index (χ1) is 8.69. The molecule has 0 bridgehead atoms. The van der Waals surface area contributed by atoms with Crippen molar-refractivity contribution in [2.75, 3.05) is 0 Å². The zero-order valence-corrected chi connectivity index (χ0v) is 9.80. The standard InChI is InChI=1S/C15H13NO2/c16-15(18)14-7-5-12(6-8-14)9-11-1-3-13(10-17)4-2-11/h1-8,10H,9H2,(H2,16,18).